The highest BCUT2D eigenvalue weighted by Gasteiger charge is 2.22. The SMILES string of the molecule is CCOc1ccc(NC(=O)N(C)C2CCSCC2)cc1-n1cccc1. The van der Waals surface area contributed by atoms with Crippen molar-refractivity contribution >= 4 is 23.5 Å². The molecule has 134 valence electrons. The Balaban J connectivity index is 1.75. The molecule has 6 heteroatoms. The van der Waals surface area contributed by atoms with E-state index >= 15 is 0 Å². The third kappa shape index (κ3) is 4.31. The summed E-state index contributed by atoms with van der Waals surface area (Å²) in [7, 11) is 1.89. The molecule has 0 bridgehead atoms. The van der Waals surface area contributed by atoms with Crippen molar-refractivity contribution in [1.29, 1.82) is 0 Å². The van der Waals surface area contributed by atoms with Crippen molar-refractivity contribution in [2.45, 2.75) is 25.8 Å². The molecule has 2 aromatic rings. The molecule has 3 rings (SSSR count). The van der Waals surface area contributed by atoms with Crippen LogP contribution in [0.1, 0.15) is 19.8 Å². The van der Waals surface area contributed by atoms with E-state index in [1.807, 2.05) is 77.9 Å². The number of urea groups is 1. The molecule has 1 aliphatic rings. The Morgan fingerprint density at radius 3 is 2.72 bits per heavy atom. The van der Waals surface area contributed by atoms with Gasteiger partial charge in [0.15, 0.2) is 0 Å². The highest BCUT2D eigenvalue weighted by Crippen LogP contribution is 2.27. The van der Waals surface area contributed by atoms with Gasteiger partial charge in [-0.25, -0.2) is 4.79 Å². The van der Waals surface area contributed by atoms with Crippen LogP contribution in [0.15, 0.2) is 42.7 Å². The molecule has 2 amide bonds. The minimum Gasteiger partial charge on any atom is -0.492 e. The van der Waals surface area contributed by atoms with E-state index in [4.69, 9.17) is 4.74 Å². The number of nitrogens with zero attached hydrogens (tertiary/aromatic N) is 2. The smallest absolute Gasteiger partial charge is 0.321 e. The van der Waals surface area contributed by atoms with Crippen LogP contribution in [0, 0.1) is 0 Å². The van der Waals surface area contributed by atoms with Crippen molar-refractivity contribution < 1.29 is 9.53 Å². The van der Waals surface area contributed by atoms with Gasteiger partial charge in [-0.15, -0.1) is 0 Å². The first-order valence-electron chi connectivity index (χ1n) is 8.70. The van der Waals surface area contributed by atoms with Crippen molar-refractivity contribution in [1.82, 2.24) is 9.47 Å². The maximum atomic E-state index is 12.6. The number of hydrogen-bond acceptors (Lipinski definition) is 3. The Kier molecular flexibility index (Phi) is 5.91. The quantitative estimate of drug-likeness (QED) is 0.869. The predicted molar refractivity (Wildman–Crippen MR) is 104 cm³/mol. The van der Waals surface area contributed by atoms with Gasteiger partial charge < -0.3 is 19.5 Å². The fraction of sp³-hybridized carbons (Fsp3) is 0.421. The highest BCUT2D eigenvalue weighted by molar-refractivity contribution is 7.99. The maximum Gasteiger partial charge on any atom is 0.321 e. The predicted octanol–water partition coefficient (Wildman–Crippen LogP) is 4.24. The van der Waals surface area contributed by atoms with Crippen LogP contribution in [0.5, 0.6) is 5.75 Å². The zero-order chi connectivity index (χ0) is 17.6. The molecule has 5 nitrogen and oxygen atoms in total. The number of anilines is 1. The van der Waals surface area contributed by atoms with Gasteiger partial charge in [0, 0.05) is 31.2 Å². The van der Waals surface area contributed by atoms with Gasteiger partial charge in [-0.1, -0.05) is 0 Å². The monoisotopic (exact) mass is 359 g/mol. The molecule has 1 saturated heterocycles. The first kappa shape index (κ1) is 17.7. The van der Waals surface area contributed by atoms with E-state index in [0.717, 1.165) is 41.5 Å². The standard InChI is InChI=1S/C19H25N3O2S/c1-3-24-18-7-6-15(14-17(18)22-10-4-5-11-22)20-19(23)21(2)16-8-12-25-13-9-16/h4-7,10-11,14,16H,3,8-9,12-13H2,1-2H3,(H,20,23). The summed E-state index contributed by atoms with van der Waals surface area (Å²) in [5.41, 5.74) is 1.69. The van der Waals surface area contributed by atoms with Gasteiger partial charge in [0.05, 0.1) is 12.3 Å². The second-order valence-corrected chi connectivity index (χ2v) is 7.32. The Bertz CT molecular complexity index is 697. The number of benzene rings is 1. The van der Waals surface area contributed by atoms with Crippen LogP contribution in [0.3, 0.4) is 0 Å². The Morgan fingerprint density at radius 1 is 1.32 bits per heavy atom. The maximum absolute atomic E-state index is 12.6. The van der Waals surface area contributed by atoms with E-state index in [-0.39, 0.29) is 6.03 Å². The number of carbonyl (C=O) groups excluding carboxylic acids is 1. The lowest BCUT2D eigenvalue weighted by Crippen LogP contribution is -2.41. The fourth-order valence-corrected chi connectivity index (χ4v) is 4.10. The number of hydrogen-bond donors (Lipinski definition) is 1. The third-order valence-electron chi connectivity index (χ3n) is 4.45. The number of nitrogens with one attached hydrogen (secondary N) is 1. The van der Waals surface area contributed by atoms with Crippen molar-refractivity contribution in [3.8, 4) is 11.4 Å². The molecule has 1 aliphatic heterocycles. The molecule has 1 N–H and O–H groups in total. The van der Waals surface area contributed by atoms with Gasteiger partial charge in [-0.3, -0.25) is 0 Å². The second-order valence-electron chi connectivity index (χ2n) is 6.09. The number of aromatic nitrogens is 1. The van der Waals surface area contributed by atoms with Crippen molar-refractivity contribution in [3.63, 3.8) is 0 Å². The Hall–Kier alpha value is -2.08. The molecule has 0 saturated carbocycles. The number of carbonyl (C=O) groups is 1. The normalized spacial score (nSPS) is 15.0. The molecule has 0 unspecified atom stereocenters. The van der Waals surface area contributed by atoms with Gasteiger partial charge in [0.25, 0.3) is 0 Å². The molecule has 25 heavy (non-hydrogen) atoms. The summed E-state index contributed by atoms with van der Waals surface area (Å²) in [5, 5.41) is 3.02. The average Bonchev–Trinajstić information content (AvgIpc) is 3.18. The van der Waals surface area contributed by atoms with Crippen molar-refractivity contribution in [3.05, 3.63) is 42.7 Å². The number of ether oxygens (including phenoxy) is 1. The molecular formula is C19H25N3O2S. The van der Waals surface area contributed by atoms with Crippen molar-refractivity contribution in [2.75, 3.05) is 30.5 Å². The highest BCUT2D eigenvalue weighted by atomic mass is 32.2. The summed E-state index contributed by atoms with van der Waals surface area (Å²) in [5.74, 6) is 3.06. The van der Waals surface area contributed by atoms with Crippen LogP contribution >= 0.6 is 11.8 Å². The minimum atomic E-state index is -0.0560. The molecular weight excluding hydrogens is 334 g/mol. The zero-order valence-corrected chi connectivity index (χ0v) is 15.6. The first-order valence-corrected chi connectivity index (χ1v) is 9.86. The molecule has 1 aromatic carbocycles. The molecule has 0 spiro atoms. The van der Waals surface area contributed by atoms with E-state index in [0.29, 0.717) is 12.6 Å². The topological polar surface area (TPSA) is 46.5 Å². The fourth-order valence-electron chi connectivity index (χ4n) is 3.02. The number of thioether (sulfide) groups is 1. The summed E-state index contributed by atoms with van der Waals surface area (Å²) in [6, 6.07) is 9.96. The Morgan fingerprint density at radius 2 is 2.04 bits per heavy atom. The van der Waals surface area contributed by atoms with Crippen LogP contribution in [0.25, 0.3) is 5.69 Å². The number of amides is 2. The summed E-state index contributed by atoms with van der Waals surface area (Å²) in [6.07, 6.45) is 6.06. The summed E-state index contributed by atoms with van der Waals surface area (Å²) in [6.45, 7) is 2.56. The minimum absolute atomic E-state index is 0.0560. The lowest BCUT2D eigenvalue weighted by atomic mass is 10.1. The van der Waals surface area contributed by atoms with Crippen LogP contribution < -0.4 is 10.1 Å². The molecule has 1 fully saturated rings. The average molecular weight is 359 g/mol. The Labute approximate surface area is 153 Å². The van der Waals surface area contributed by atoms with Gasteiger partial charge in [-0.05, 0) is 61.6 Å². The van der Waals surface area contributed by atoms with Gasteiger partial charge in [0.1, 0.15) is 5.75 Å². The summed E-state index contributed by atoms with van der Waals surface area (Å²) < 4.78 is 7.71. The van der Waals surface area contributed by atoms with Crippen LogP contribution in [-0.2, 0) is 0 Å². The first-order chi connectivity index (χ1) is 12.2. The van der Waals surface area contributed by atoms with E-state index in [2.05, 4.69) is 5.32 Å². The molecule has 2 heterocycles. The zero-order valence-electron chi connectivity index (χ0n) is 14.8. The van der Waals surface area contributed by atoms with E-state index < -0.39 is 0 Å². The van der Waals surface area contributed by atoms with Crippen LogP contribution in [-0.4, -0.2) is 46.7 Å². The van der Waals surface area contributed by atoms with E-state index in [1.54, 1.807) is 0 Å². The second kappa shape index (κ2) is 8.34. The third-order valence-corrected chi connectivity index (χ3v) is 5.50. The molecule has 1 aromatic heterocycles. The van der Waals surface area contributed by atoms with Crippen LogP contribution in [0.2, 0.25) is 0 Å². The van der Waals surface area contributed by atoms with Gasteiger partial charge in [0.2, 0.25) is 0 Å². The summed E-state index contributed by atoms with van der Waals surface area (Å²) >= 11 is 1.96. The van der Waals surface area contributed by atoms with E-state index in [9.17, 15) is 4.79 Å². The number of rotatable bonds is 5. The summed E-state index contributed by atoms with van der Waals surface area (Å²) in [4.78, 5) is 14.4. The lowest BCUT2D eigenvalue weighted by Gasteiger charge is -2.31. The molecule has 0 radical (unpaired) electrons. The molecule has 0 atom stereocenters. The molecule has 0 aliphatic carbocycles. The van der Waals surface area contributed by atoms with Gasteiger partial charge in [-0.2, -0.15) is 11.8 Å². The van der Waals surface area contributed by atoms with Crippen molar-refractivity contribution in [2.24, 2.45) is 0 Å². The largest absolute Gasteiger partial charge is 0.492 e. The van der Waals surface area contributed by atoms with Gasteiger partial charge >= 0.3 is 6.03 Å². The lowest BCUT2D eigenvalue weighted by molar-refractivity contribution is 0.200. The van der Waals surface area contributed by atoms with Crippen LogP contribution in [0.4, 0.5) is 10.5 Å². The van der Waals surface area contributed by atoms with E-state index in [1.165, 1.54) is 0 Å².